The number of carbonyl (C=O) groups excluding carboxylic acids is 1. The summed E-state index contributed by atoms with van der Waals surface area (Å²) in [6.45, 7) is 4.38. The van der Waals surface area contributed by atoms with Crippen molar-refractivity contribution in [3.63, 3.8) is 0 Å². The Balaban J connectivity index is 2.11. The van der Waals surface area contributed by atoms with Gasteiger partial charge in [0.05, 0.1) is 11.2 Å². The lowest BCUT2D eigenvalue weighted by Gasteiger charge is -2.09. The van der Waals surface area contributed by atoms with E-state index in [9.17, 15) is 4.79 Å². The largest absolute Gasteiger partial charge is 0.347 e. The third-order valence-electron chi connectivity index (χ3n) is 2.79. The number of nitrogens with one attached hydrogen (secondary N) is 1. The van der Waals surface area contributed by atoms with Crippen LogP contribution < -0.4 is 5.32 Å². The smallest absolute Gasteiger partial charge is 0.271 e. The molecule has 2 rings (SSSR count). The van der Waals surface area contributed by atoms with Gasteiger partial charge in [-0.05, 0) is 5.56 Å². The molecule has 1 aromatic heterocycles. The summed E-state index contributed by atoms with van der Waals surface area (Å²) < 4.78 is 0. The van der Waals surface area contributed by atoms with Crippen LogP contribution in [-0.4, -0.2) is 15.9 Å². The molecule has 0 aliphatic carbocycles. The molecule has 0 saturated carbocycles. The Hall–Kier alpha value is -1.94. The van der Waals surface area contributed by atoms with E-state index < -0.39 is 0 Å². The molecule has 5 heteroatoms. The molecule has 0 aliphatic rings. The van der Waals surface area contributed by atoms with E-state index in [1.54, 1.807) is 0 Å². The van der Waals surface area contributed by atoms with Crippen LogP contribution in [0.15, 0.2) is 36.5 Å². The fourth-order valence-electron chi connectivity index (χ4n) is 1.68. The lowest BCUT2D eigenvalue weighted by Crippen LogP contribution is -2.25. The molecular formula is C15H16ClN3O. The van der Waals surface area contributed by atoms with Crippen LogP contribution in [0.3, 0.4) is 0 Å². The Morgan fingerprint density at radius 3 is 2.65 bits per heavy atom. The maximum Gasteiger partial charge on any atom is 0.271 e. The zero-order valence-corrected chi connectivity index (χ0v) is 12.2. The van der Waals surface area contributed by atoms with Gasteiger partial charge in [0.1, 0.15) is 11.5 Å². The van der Waals surface area contributed by atoms with Gasteiger partial charge in [-0.1, -0.05) is 55.8 Å². The lowest BCUT2D eigenvalue weighted by atomic mass is 10.2. The molecule has 0 bridgehead atoms. The van der Waals surface area contributed by atoms with E-state index >= 15 is 0 Å². The molecular weight excluding hydrogens is 274 g/mol. The fraction of sp³-hybridized carbons (Fsp3) is 0.267. The van der Waals surface area contributed by atoms with Gasteiger partial charge in [0.15, 0.2) is 0 Å². The van der Waals surface area contributed by atoms with E-state index in [-0.39, 0.29) is 22.5 Å². The molecule has 0 aliphatic heterocycles. The van der Waals surface area contributed by atoms with Crippen molar-refractivity contribution >= 4 is 17.5 Å². The van der Waals surface area contributed by atoms with Gasteiger partial charge in [-0.3, -0.25) is 4.79 Å². The number of amides is 1. The lowest BCUT2D eigenvalue weighted by molar-refractivity contribution is 0.0945. The van der Waals surface area contributed by atoms with Crippen molar-refractivity contribution in [3.8, 4) is 0 Å². The van der Waals surface area contributed by atoms with Crippen molar-refractivity contribution in [2.75, 3.05) is 0 Å². The molecule has 1 amide bonds. The van der Waals surface area contributed by atoms with Crippen molar-refractivity contribution in [1.29, 1.82) is 0 Å². The van der Waals surface area contributed by atoms with E-state index in [1.165, 1.54) is 6.20 Å². The highest BCUT2D eigenvalue weighted by molar-refractivity contribution is 6.33. The molecule has 0 unspecified atom stereocenters. The van der Waals surface area contributed by atoms with Gasteiger partial charge in [0, 0.05) is 12.5 Å². The Kier molecular flexibility index (Phi) is 4.69. The number of rotatable bonds is 4. The van der Waals surface area contributed by atoms with Crippen molar-refractivity contribution < 1.29 is 4.79 Å². The summed E-state index contributed by atoms with van der Waals surface area (Å²) in [5.74, 6) is 0.468. The molecule has 20 heavy (non-hydrogen) atoms. The summed E-state index contributed by atoms with van der Waals surface area (Å²) in [6.07, 6.45) is 1.47. The second kappa shape index (κ2) is 6.48. The van der Waals surface area contributed by atoms with Crippen LogP contribution in [0.2, 0.25) is 5.02 Å². The molecule has 104 valence electrons. The maximum atomic E-state index is 12.1. The first-order valence-electron chi connectivity index (χ1n) is 6.42. The van der Waals surface area contributed by atoms with Crippen LogP contribution >= 0.6 is 11.6 Å². The predicted octanol–water partition coefficient (Wildman–Crippen LogP) is 3.18. The van der Waals surface area contributed by atoms with Gasteiger partial charge < -0.3 is 5.32 Å². The molecule has 0 saturated heterocycles. The average molecular weight is 290 g/mol. The number of hydrogen-bond donors (Lipinski definition) is 1. The first-order chi connectivity index (χ1) is 9.58. The molecule has 1 aromatic carbocycles. The molecule has 0 fully saturated rings. The average Bonchev–Trinajstić information content (AvgIpc) is 2.46. The van der Waals surface area contributed by atoms with Crippen LogP contribution in [0, 0.1) is 0 Å². The standard InChI is InChI=1S/C15H16ClN3O/c1-10(2)14-17-9-12(16)13(19-14)15(20)18-8-11-6-4-3-5-7-11/h3-7,9-10H,8H2,1-2H3,(H,18,20). The number of carbonyl (C=O) groups is 1. The van der Waals surface area contributed by atoms with Crippen molar-refractivity contribution in [2.24, 2.45) is 0 Å². The van der Waals surface area contributed by atoms with Gasteiger partial charge in [-0.25, -0.2) is 9.97 Å². The van der Waals surface area contributed by atoms with Gasteiger partial charge in [-0.2, -0.15) is 0 Å². The molecule has 0 spiro atoms. The van der Waals surface area contributed by atoms with Crippen molar-refractivity contribution in [3.05, 3.63) is 58.6 Å². The summed E-state index contributed by atoms with van der Waals surface area (Å²) in [6, 6.07) is 9.68. The second-order valence-corrected chi connectivity index (χ2v) is 5.15. The third kappa shape index (κ3) is 3.54. The molecule has 1 N–H and O–H groups in total. The highest BCUT2D eigenvalue weighted by Crippen LogP contribution is 2.16. The Labute approximate surface area is 123 Å². The van der Waals surface area contributed by atoms with Gasteiger partial charge in [0.2, 0.25) is 0 Å². The third-order valence-corrected chi connectivity index (χ3v) is 3.07. The summed E-state index contributed by atoms with van der Waals surface area (Å²) in [7, 11) is 0. The molecule has 1 heterocycles. The maximum absolute atomic E-state index is 12.1. The quantitative estimate of drug-likeness (QED) is 0.940. The highest BCUT2D eigenvalue weighted by Gasteiger charge is 2.15. The van der Waals surface area contributed by atoms with Crippen LogP contribution in [-0.2, 0) is 6.54 Å². The summed E-state index contributed by atoms with van der Waals surface area (Å²) >= 11 is 5.99. The van der Waals surface area contributed by atoms with Gasteiger partial charge >= 0.3 is 0 Å². The summed E-state index contributed by atoms with van der Waals surface area (Å²) in [5.41, 5.74) is 1.25. The Bertz CT molecular complexity index is 599. The summed E-state index contributed by atoms with van der Waals surface area (Å²) in [4.78, 5) is 20.5. The molecule has 0 atom stereocenters. The predicted molar refractivity (Wildman–Crippen MR) is 78.7 cm³/mol. The SMILES string of the molecule is CC(C)c1ncc(Cl)c(C(=O)NCc2ccccc2)n1. The molecule has 2 aromatic rings. The van der Waals surface area contributed by atoms with Gasteiger partial charge in [0.25, 0.3) is 5.91 Å². The monoisotopic (exact) mass is 289 g/mol. The first kappa shape index (κ1) is 14.5. The van der Waals surface area contributed by atoms with Crippen LogP contribution in [0.25, 0.3) is 0 Å². The van der Waals surface area contributed by atoms with E-state index in [2.05, 4.69) is 15.3 Å². The summed E-state index contributed by atoms with van der Waals surface area (Å²) in [5, 5.41) is 3.07. The second-order valence-electron chi connectivity index (χ2n) is 4.75. The van der Waals surface area contributed by atoms with Crippen LogP contribution in [0.5, 0.6) is 0 Å². The van der Waals surface area contributed by atoms with Crippen LogP contribution in [0.1, 0.15) is 41.6 Å². The zero-order valence-electron chi connectivity index (χ0n) is 11.4. The van der Waals surface area contributed by atoms with E-state index in [0.717, 1.165) is 5.56 Å². The minimum absolute atomic E-state index is 0.146. The van der Waals surface area contributed by atoms with E-state index in [4.69, 9.17) is 11.6 Å². The zero-order chi connectivity index (χ0) is 14.5. The number of aromatic nitrogens is 2. The van der Waals surface area contributed by atoms with Crippen LogP contribution in [0.4, 0.5) is 0 Å². The molecule has 4 nitrogen and oxygen atoms in total. The number of hydrogen-bond acceptors (Lipinski definition) is 3. The first-order valence-corrected chi connectivity index (χ1v) is 6.80. The van der Waals surface area contributed by atoms with Crippen molar-refractivity contribution in [1.82, 2.24) is 15.3 Å². The van der Waals surface area contributed by atoms with E-state index in [0.29, 0.717) is 12.4 Å². The van der Waals surface area contributed by atoms with Crippen molar-refractivity contribution in [2.45, 2.75) is 26.3 Å². The number of halogens is 1. The minimum atomic E-state index is -0.289. The highest BCUT2D eigenvalue weighted by atomic mass is 35.5. The van der Waals surface area contributed by atoms with Gasteiger partial charge in [-0.15, -0.1) is 0 Å². The Morgan fingerprint density at radius 2 is 2.00 bits per heavy atom. The van der Waals surface area contributed by atoms with E-state index in [1.807, 2.05) is 44.2 Å². The fourth-order valence-corrected chi connectivity index (χ4v) is 1.86. The molecule has 0 radical (unpaired) electrons. The number of nitrogens with zero attached hydrogens (tertiary/aromatic N) is 2. The topological polar surface area (TPSA) is 54.9 Å². The minimum Gasteiger partial charge on any atom is -0.347 e. The Morgan fingerprint density at radius 1 is 1.30 bits per heavy atom. The number of benzene rings is 1. The normalized spacial score (nSPS) is 10.6.